The molecule has 460 valence electrons. The highest BCUT2D eigenvalue weighted by Crippen LogP contribution is 2.43. The molecule has 1 heterocycles. The van der Waals surface area contributed by atoms with Crippen LogP contribution in [0.5, 0.6) is 34.6 Å². The Morgan fingerprint density at radius 1 is 0.682 bits per heavy atom. The number of nitrogens with zero attached hydrogens (tertiary/aromatic N) is 4. The first-order valence-electron chi connectivity index (χ1n) is 29.1. The van der Waals surface area contributed by atoms with Crippen molar-refractivity contribution in [2.24, 2.45) is 10.2 Å². The van der Waals surface area contributed by atoms with E-state index in [4.69, 9.17) is 54.0 Å². The van der Waals surface area contributed by atoms with E-state index in [0.29, 0.717) is 51.3 Å². The van der Waals surface area contributed by atoms with Crippen molar-refractivity contribution in [3.05, 3.63) is 179 Å². The number of carbonyl (C=O) groups is 4. The number of nitrogens with one attached hydrogen (secondary N) is 2. The SMILES string of the molecule is CCCCCCCCCCCCOC(=O)c1ccc(Cl)c(NC(=O)C(Oc2c(COc3ccc(OC)c(NS(=O)Oc4cc(N=Nc5ccccc5)c5ccccc5c4OC(=O)OC(C)C)c3)c(C)nn2-c2ccccc2)C(=O)c2ccc(OC)cc2)c1. The van der Waals surface area contributed by atoms with Crippen molar-refractivity contribution in [2.75, 3.05) is 30.9 Å². The molecule has 0 aliphatic carbocycles. The quantitative estimate of drug-likeness (QED) is 0.00999. The third-order valence-electron chi connectivity index (χ3n) is 13.8. The number of benzene rings is 7. The molecule has 2 unspecified atom stereocenters. The summed E-state index contributed by atoms with van der Waals surface area (Å²) in [5.74, 6) is -1.55. The fraction of sp³-hybridized carbons (Fsp3) is 0.299. The van der Waals surface area contributed by atoms with E-state index in [-0.39, 0.29) is 69.6 Å². The number of aryl methyl sites for hydroxylation is 1. The van der Waals surface area contributed by atoms with Crippen LogP contribution in [0.25, 0.3) is 16.5 Å². The molecule has 1 amide bonds. The standard InChI is InChI=1S/C67H71ClN6O13S/c1-7-8-9-10-11-12-13-14-15-24-39-82-66(77)47-33-37-55(68)57(40-47)69-64(76)63(61(75)46-31-34-50(80-5)35-32-46)85-65-54(45(4)72-74(65)49-27-20-17-21-28-49)43-83-51-36-38-59(81-6)58(41-51)73-88(79)87-60-42-56(71-70-48-25-18-16-19-26-48)52-29-22-23-30-53(52)62(60)86-67(78)84-44(2)3/h16-23,25-38,40-42,44,63,73H,7-15,24,39,43H2,1-6H3,(H,69,76). The van der Waals surface area contributed by atoms with Gasteiger partial charge in [-0.2, -0.15) is 14.4 Å². The lowest BCUT2D eigenvalue weighted by Gasteiger charge is -2.21. The van der Waals surface area contributed by atoms with E-state index in [1.54, 1.807) is 106 Å². The van der Waals surface area contributed by atoms with Crippen molar-refractivity contribution in [3.63, 3.8) is 0 Å². The number of aromatic nitrogens is 2. The van der Waals surface area contributed by atoms with Crippen molar-refractivity contribution >= 4 is 80.2 Å². The van der Waals surface area contributed by atoms with Gasteiger partial charge in [-0.25, -0.2) is 14.3 Å². The fourth-order valence-corrected chi connectivity index (χ4v) is 10.1. The van der Waals surface area contributed by atoms with E-state index < -0.39 is 47.3 Å². The third kappa shape index (κ3) is 17.9. The average molecular weight is 1240 g/mol. The van der Waals surface area contributed by atoms with Gasteiger partial charge in [0.05, 0.1) is 77.2 Å². The molecule has 1 aromatic heterocycles. The Labute approximate surface area is 519 Å². The summed E-state index contributed by atoms with van der Waals surface area (Å²) in [4.78, 5) is 55.9. The Kier molecular flexibility index (Phi) is 23.9. The maximum atomic E-state index is 14.8. The fourth-order valence-electron chi connectivity index (χ4n) is 9.26. The van der Waals surface area contributed by atoms with E-state index in [1.165, 1.54) is 99.9 Å². The van der Waals surface area contributed by atoms with Crippen LogP contribution in [0.1, 0.15) is 117 Å². The third-order valence-corrected chi connectivity index (χ3v) is 14.9. The molecule has 88 heavy (non-hydrogen) atoms. The second-order valence-corrected chi connectivity index (χ2v) is 21.8. The van der Waals surface area contributed by atoms with Gasteiger partial charge >= 0.3 is 23.4 Å². The highest BCUT2D eigenvalue weighted by molar-refractivity contribution is 7.82. The summed E-state index contributed by atoms with van der Waals surface area (Å²) in [7, 11) is 2.92. The van der Waals surface area contributed by atoms with Crippen molar-refractivity contribution in [1.82, 2.24) is 9.78 Å². The van der Waals surface area contributed by atoms with Gasteiger partial charge in [0.25, 0.3) is 5.91 Å². The monoisotopic (exact) mass is 1230 g/mol. The summed E-state index contributed by atoms with van der Waals surface area (Å²) < 4.78 is 65.2. The maximum absolute atomic E-state index is 14.8. The molecule has 7 aromatic carbocycles. The molecule has 0 spiro atoms. The van der Waals surface area contributed by atoms with Crippen molar-refractivity contribution in [2.45, 2.75) is 111 Å². The number of para-hydroxylation sites is 1. The zero-order chi connectivity index (χ0) is 62.4. The summed E-state index contributed by atoms with van der Waals surface area (Å²) in [5, 5.41) is 17.4. The Balaban J connectivity index is 1.04. The molecule has 0 aliphatic heterocycles. The predicted octanol–water partition coefficient (Wildman–Crippen LogP) is 16.3. The van der Waals surface area contributed by atoms with Crippen molar-refractivity contribution in [1.29, 1.82) is 0 Å². The number of hydrogen-bond donors (Lipinski definition) is 2. The number of methoxy groups -OCH3 is 2. The van der Waals surface area contributed by atoms with Crippen LogP contribution in [-0.4, -0.2) is 70.8 Å². The highest BCUT2D eigenvalue weighted by atomic mass is 35.5. The normalized spacial score (nSPS) is 11.9. The van der Waals surface area contributed by atoms with E-state index >= 15 is 0 Å². The molecule has 21 heteroatoms. The smallest absolute Gasteiger partial charge is 0.497 e. The van der Waals surface area contributed by atoms with Crippen LogP contribution >= 0.6 is 11.6 Å². The average Bonchev–Trinajstić information content (AvgIpc) is 3.90. The zero-order valence-electron chi connectivity index (χ0n) is 50.0. The topological polar surface area (TPSA) is 226 Å². The molecule has 8 rings (SSSR count). The van der Waals surface area contributed by atoms with Gasteiger partial charge in [-0.1, -0.05) is 137 Å². The van der Waals surface area contributed by atoms with Crippen LogP contribution in [0.3, 0.4) is 0 Å². The minimum atomic E-state index is -2.42. The molecular formula is C67H71ClN6O13S. The number of ether oxygens (including phenoxy) is 7. The number of carbonyl (C=O) groups excluding carboxylic acids is 4. The van der Waals surface area contributed by atoms with Crippen LogP contribution in [-0.2, 0) is 32.1 Å². The van der Waals surface area contributed by atoms with Gasteiger partial charge in [0.1, 0.15) is 23.9 Å². The number of fused-ring (bicyclic) bond motifs is 1. The second kappa shape index (κ2) is 32.5. The second-order valence-electron chi connectivity index (χ2n) is 20.6. The molecule has 0 fully saturated rings. The zero-order valence-corrected chi connectivity index (χ0v) is 51.5. The number of unbranched alkanes of at least 4 members (excludes halogenated alkanes) is 9. The molecule has 0 saturated carbocycles. The number of azo groups is 1. The van der Waals surface area contributed by atoms with Crippen molar-refractivity contribution < 1.29 is 60.7 Å². The number of hydrogen-bond acceptors (Lipinski definition) is 16. The Bertz CT molecular complexity index is 3720. The number of halogens is 1. The molecule has 2 N–H and O–H groups in total. The first kappa shape index (κ1) is 64.7. The molecule has 19 nitrogen and oxygen atoms in total. The van der Waals surface area contributed by atoms with Gasteiger partial charge in [-0.3, -0.25) is 14.3 Å². The molecule has 8 aromatic rings. The van der Waals surface area contributed by atoms with Crippen LogP contribution in [0.2, 0.25) is 5.02 Å². The summed E-state index contributed by atoms with van der Waals surface area (Å²) in [6, 6.07) is 41.7. The number of Topliss-reactive ketones (excluding diaryl/α,β-unsaturated/α-hetero) is 1. The van der Waals surface area contributed by atoms with E-state index in [9.17, 15) is 23.4 Å². The van der Waals surface area contributed by atoms with Gasteiger partial charge in [-0.15, -0.1) is 5.11 Å². The highest BCUT2D eigenvalue weighted by Gasteiger charge is 2.34. The van der Waals surface area contributed by atoms with Crippen LogP contribution in [0, 0.1) is 6.92 Å². The van der Waals surface area contributed by atoms with E-state index in [2.05, 4.69) is 27.2 Å². The number of amides is 1. The van der Waals surface area contributed by atoms with E-state index in [1.807, 2.05) is 24.3 Å². The number of esters is 1. The largest absolute Gasteiger partial charge is 0.514 e. The van der Waals surface area contributed by atoms with Gasteiger partial charge in [-0.05, 0) is 106 Å². The summed E-state index contributed by atoms with van der Waals surface area (Å²) in [5.41, 5.74) is 2.62. The first-order valence-corrected chi connectivity index (χ1v) is 30.5. The molecule has 0 radical (unpaired) electrons. The van der Waals surface area contributed by atoms with Crippen LogP contribution in [0.15, 0.2) is 162 Å². The first-order chi connectivity index (χ1) is 42.7. The Morgan fingerprint density at radius 3 is 2.01 bits per heavy atom. The van der Waals surface area contributed by atoms with Gasteiger partial charge in [0.2, 0.25) is 17.8 Å². The van der Waals surface area contributed by atoms with Crippen molar-refractivity contribution in [3.8, 4) is 40.3 Å². The number of anilines is 2. The molecular weight excluding hydrogens is 1160 g/mol. The minimum Gasteiger partial charge on any atom is -0.497 e. The Hall–Kier alpha value is -9.27. The summed E-state index contributed by atoms with van der Waals surface area (Å²) in [6.07, 6.45) is 7.91. The molecule has 0 bridgehead atoms. The van der Waals surface area contributed by atoms with Gasteiger partial charge < -0.3 is 42.7 Å². The van der Waals surface area contributed by atoms with Crippen LogP contribution < -0.4 is 37.9 Å². The molecule has 2 atom stereocenters. The van der Waals surface area contributed by atoms with E-state index in [0.717, 1.165) is 19.3 Å². The van der Waals surface area contributed by atoms with Gasteiger partial charge in [0, 0.05) is 28.5 Å². The predicted molar refractivity (Wildman–Crippen MR) is 339 cm³/mol. The van der Waals surface area contributed by atoms with Gasteiger partial charge in [0.15, 0.2) is 11.5 Å². The summed E-state index contributed by atoms with van der Waals surface area (Å²) in [6.45, 7) is 7.26. The van der Waals surface area contributed by atoms with Crippen LogP contribution in [0.4, 0.5) is 27.5 Å². The number of ketones is 1. The lowest BCUT2D eigenvalue weighted by Crippen LogP contribution is -2.40. The maximum Gasteiger partial charge on any atom is 0.514 e. The minimum absolute atomic E-state index is 0.0177. The lowest BCUT2D eigenvalue weighted by molar-refractivity contribution is -0.121. The number of rotatable bonds is 32. The summed E-state index contributed by atoms with van der Waals surface area (Å²) >= 11 is 4.25. The Morgan fingerprint density at radius 2 is 1.33 bits per heavy atom. The molecule has 0 aliphatic rings. The lowest BCUT2D eigenvalue weighted by atomic mass is 10.0. The molecule has 0 saturated heterocycles.